The third kappa shape index (κ3) is 2.68. The lowest BCUT2D eigenvalue weighted by atomic mass is 10.1. The maximum absolute atomic E-state index is 10.6. The molecule has 0 aliphatic heterocycles. The summed E-state index contributed by atoms with van der Waals surface area (Å²) in [7, 11) is 0. The number of aromatic nitrogens is 2. The van der Waals surface area contributed by atoms with E-state index in [0.717, 1.165) is 19.3 Å². The van der Waals surface area contributed by atoms with Crippen molar-refractivity contribution in [2.75, 3.05) is 0 Å². The second-order valence-corrected chi connectivity index (χ2v) is 3.85. The van der Waals surface area contributed by atoms with Gasteiger partial charge in [-0.25, -0.2) is 4.79 Å². The normalized spacial score (nSPS) is 17.4. The zero-order valence-corrected chi connectivity index (χ0v) is 8.43. The second kappa shape index (κ2) is 3.88. The van der Waals surface area contributed by atoms with Gasteiger partial charge in [0.05, 0.1) is 6.04 Å². The fourth-order valence-corrected chi connectivity index (χ4v) is 1.52. The van der Waals surface area contributed by atoms with Crippen molar-refractivity contribution in [1.82, 2.24) is 15.5 Å². The summed E-state index contributed by atoms with van der Waals surface area (Å²) >= 11 is 0. The van der Waals surface area contributed by atoms with Gasteiger partial charge in [-0.1, -0.05) is 18.0 Å². The first-order valence-electron chi connectivity index (χ1n) is 4.95. The Kier molecular flexibility index (Phi) is 2.57. The molecular formula is C9H13N3O3. The third-order valence-electron chi connectivity index (χ3n) is 2.42. The number of nitrogens with zero attached hydrogens (tertiary/aromatic N) is 2. The highest BCUT2D eigenvalue weighted by Gasteiger charge is 2.29. The fourth-order valence-electron chi connectivity index (χ4n) is 1.52. The standard InChI is InChI=1S/C9H13N3O3/c1-5-10-8(12-15-5)7(11-9(13)14)4-6-2-3-6/h6-7,11H,2-4H2,1H3,(H,13,14)/t7-/m0/s1. The number of hydrogen-bond donors (Lipinski definition) is 2. The van der Waals surface area contributed by atoms with Crippen LogP contribution >= 0.6 is 0 Å². The summed E-state index contributed by atoms with van der Waals surface area (Å²) < 4.78 is 4.83. The predicted octanol–water partition coefficient (Wildman–Crippen LogP) is 1.49. The van der Waals surface area contributed by atoms with Crippen LogP contribution in [0.3, 0.4) is 0 Å². The molecule has 6 nitrogen and oxygen atoms in total. The van der Waals surface area contributed by atoms with E-state index >= 15 is 0 Å². The van der Waals surface area contributed by atoms with Crippen molar-refractivity contribution in [2.45, 2.75) is 32.2 Å². The molecule has 0 unspecified atom stereocenters. The minimum absolute atomic E-state index is 0.340. The molecule has 0 radical (unpaired) electrons. The summed E-state index contributed by atoms with van der Waals surface area (Å²) in [5.74, 6) is 1.49. The molecule has 0 spiro atoms. The van der Waals surface area contributed by atoms with E-state index in [0.29, 0.717) is 17.6 Å². The number of amides is 1. The van der Waals surface area contributed by atoms with Crippen molar-refractivity contribution in [3.8, 4) is 0 Å². The van der Waals surface area contributed by atoms with E-state index in [2.05, 4.69) is 15.5 Å². The number of aryl methyl sites for hydroxylation is 1. The van der Waals surface area contributed by atoms with Crippen LogP contribution in [0.25, 0.3) is 0 Å². The second-order valence-electron chi connectivity index (χ2n) is 3.85. The molecule has 1 saturated carbocycles. The fraction of sp³-hybridized carbons (Fsp3) is 0.667. The van der Waals surface area contributed by atoms with E-state index < -0.39 is 6.09 Å². The molecule has 0 saturated heterocycles. The highest BCUT2D eigenvalue weighted by molar-refractivity contribution is 5.64. The molecular weight excluding hydrogens is 198 g/mol. The van der Waals surface area contributed by atoms with Gasteiger partial charge in [0.1, 0.15) is 0 Å². The van der Waals surface area contributed by atoms with E-state index in [1.165, 1.54) is 0 Å². The van der Waals surface area contributed by atoms with Crippen molar-refractivity contribution < 1.29 is 14.4 Å². The number of carboxylic acid groups (broad SMARTS) is 1. The summed E-state index contributed by atoms with van der Waals surface area (Å²) in [6.45, 7) is 1.69. The van der Waals surface area contributed by atoms with E-state index in [1.54, 1.807) is 6.92 Å². The van der Waals surface area contributed by atoms with E-state index in [9.17, 15) is 4.79 Å². The Morgan fingerprint density at radius 2 is 2.47 bits per heavy atom. The molecule has 2 rings (SSSR count). The molecule has 2 N–H and O–H groups in total. The molecule has 15 heavy (non-hydrogen) atoms. The van der Waals surface area contributed by atoms with Gasteiger partial charge in [-0.15, -0.1) is 0 Å². The van der Waals surface area contributed by atoms with E-state index in [4.69, 9.17) is 9.63 Å². The van der Waals surface area contributed by atoms with Gasteiger partial charge in [-0.3, -0.25) is 0 Å². The highest BCUT2D eigenvalue weighted by Crippen LogP contribution is 2.36. The molecule has 1 heterocycles. The van der Waals surface area contributed by atoms with Gasteiger partial charge in [0, 0.05) is 6.92 Å². The molecule has 0 bridgehead atoms. The molecule has 1 amide bonds. The molecule has 1 aromatic rings. The summed E-state index contributed by atoms with van der Waals surface area (Å²) in [4.78, 5) is 14.6. The quantitative estimate of drug-likeness (QED) is 0.787. The molecule has 1 aliphatic rings. The van der Waals surface area contributed by atoms with Crippen molar-refractivity contribution in [3.05, 3.63) is 11.7 Å². The summed E-state index contributed by atoms with van der Waals surface area (Å²) in [5.41, 5.74) is 0. The van der Waals surface area contributed by atoms with Gasteiger partial charge >= 0.3 is 6.09 Å². The van der Waals surface area contributed by atoms with Gasteiger partial charge in [0.15, 0.2) is 5.82 Å². The summed E-state index contributed by atoms with van der Waals surface area (Å²) in [5, 5.41) is 14.8. The third-order valence-corrected chi connectivity index (χ3v) is 2.42. The zero-order valence-electron chi connectivity index (χ0n) is 8.43. The van der Waals surface area contributed by atoms with Crippen LogP contribution in [0.5, 0.6) is 0 Å². The Hall–Kier alpha value is -1.59. The first-order chi connectivity index (χ1) is 7.15. The Balaban J connectivity index is 2.05. The van der Waals surface area contributed by atoms with Crippen LogP contribution in [-0.4, -0.2) is 21.3 Å². The van der Waals surface area contributed by atoms with E-state index in [1.807, 2.05) is 0 Å². The SMILES string of the molecule is Cc1nc([C@H](CC2CC2)NC(=O)O)no1. The first-order valence-corrected chi connectivity index (χ1v) is 4.95. The van der Waals surface area contributed by atoms with Crippen LogP contribution in [0.2, 0.25) is 0 Å². The molecule has 1 aliphatic carbocycles. The largest absolute Gasteiger partial charge is 0.465 e. The number of rotatable bonds is 4. The van der Waals surface area contributed by atoms with Crippen molar-refractivity contribution >= 4 is 6.09 Å². The average Bonchev–Trinajstić information content (AvgIpc) is 2.85. The molecule has 1 atom stereocenters. The van der Waals surface area contributed by atoms with Crippen molar-refractivity contribution in [3.63, 3.8) is 0 Å². The minimum atomic E-state index is -1.05. The summed E-state index contributed by atoms with van der Waals surface area (Å²) in [6.07, 6.45) is 2.03. The molecule has 1 aromatic heterocycles. The van der Waals surface area contributed by atoms with Crippen molar-refractivity contribution in [2.24, 2.45) is 5.92 Å². The maximum Gasteiger partial charge on any atom is 0.405 e. The van der Waals surface area contributed by atoms with Gasteiger partial charge < -0.3 is 14.9 Å². The molecule has 6 heteroatoms. The number of nitrogens with one attached hydrogen (secondary N) is 1. The Morgan fingerprint density at radius 3 is 2.93 bits per heavy atom. The minimum Gasteiger partial charge on any atom is -0.465 e. The van der Waals surface area contributed by atoms with E-state index in [-0.39, 0.29) is 6.04 Å². The van der Waals surface area contributed by atoms with Gasteiger partial charge in [-0.2, -0.15) is 4.98 Å². The predicted molar refractivity (Wildman–Crippen MR) is 50.3 cm³/mol. The lowest BCUT2D eigenvalue weighted by Gasteiger charge is -2.11. The van der Waals surface area contributed by atoms with Gasteiger partial charge in [0.25, 0.3) is 0 Å². The first kappa shape index (κ1) is 9.95. The molecule has 82 valence electrons. The number of carbonyl (C=O) groups is 1. The van der Waals surface area contributed by atoms with Crippen LogP contribution < -0.4 is 5.32 Å². The van der Waals surface area contributed by atoms with Gasteiger partial charge in [-0.05, 0) is 12.3 Å². The lowest BCUT2D eigenvalue weighted by Crippen LogP contribution is -2.28. The topological polar surface area (TPSA) is 88.2 Å². The van der Waals surface area contributed by atoms with Gasteiger partial charge in [0.2, 0.25) is 5.89 Å². The maximum atomic E-state index is 10.6. The summed E-state index contributed by atoms with van der Waals surface area (Å²) in [6, 6.07) is -0.340. The Bertz CT molecular complexity index is 359. The Morgan fingerprint density at radius 1 is 1.73 bits per heavy atom. The lowest BCUT2D eigenvalue weighted by molar-refractivity contribution is 0.187. The zero-order chi connectivity index (χ0) is 10.8. The molecule has 0 aromatic carbocycles. The van der Waals surface area contributed by atoms with Crippen LogP contribution in [0.15, 0.2) is 4.52 Å². The smallest absolute Gasteiger partial charge is 0.405 e. The van der Waals surface area contributed by atoms with Crippen molar-refractivity contribution in [1.29, 1.82) is 0 Å². The van der Waals surface area contributed by atoms with Crippen LogP contribution in [-0.2, 0) is 0 Å². The van der Waals surface area contributed by atoms with Crippen LogP contribution in [0.1, 0.15) is 37.0 Å². The van der Waals surface area contributed by atoms with Crippen LogP contribution in [0, 0.1) is 12.8 Å². The average molecular weight is 211 g/mol. The monoisotopic (exact) mass is 211 g/mol. The number of hydrogen-bond acceptors (Lipinski definition) is 4. The molecule has 1 fully saturated rings. The highest BCUT2D eigenvalue weighted by atomic mass is 16.5. The van der Waals surface area contributed by atoms with Crippen LogP contribution in [0.4, 0.5) is 4.79 Å². The Labute approximate surface area is 86.7 Å².